The third-order valence-electron chi connectivity index (χ3n) is 6.26. The Bertz CT molecular complexity index is 1380. The van der Waals surface area contributed by atoms with Gasteiger partial charge in [-0.05, 0) is 66.8 Å². The van der Waals surface area contributed by atoms with Gasteiger partial charge in [0.15, 0.2) is 5.11 Å². The average molecular weight is 535 g/mol. The summed E-state index contributed by atoms with van der Waals surface area (Å²) in [4.78, 5) is 6.74. The Kier molecular flexibility index (Phi) is 7.60. The number of benzene rings is 2. The van der Waals surface area contributed by atoms with Crippen LogP contribution in [0.15, 0.2) is 85.2 Å². The summed E-state index contributed by atoms with van der Waals surface area (Å²) < 4.78 is 18.6. The molecule has 1 saturated heterocycles. The van der Waals surface area contributed by atoms with E-state index in [2.05, 4.69) is 25.8 Å². The van der Waals surface area contributed by atoms with E-state index in [-0.39, 0.29) is 12.1 Å². The highest BCUT2D eigenvalue weighted by Crippen LogP contribution is 2.44. The average Bonchev–Trinajstić information content (AvgIpc) is 3.54. The molecular formula is C28H27ClN4O3S. The Balaban J connectivity index is 1.60. The first-order chi connectivity index (χ1) is 18.1. The molecule has 0 amide bonds. The molecule has 190 valence electrons. The van der Waals surface area contributed by atoms with E-state index in [1.54, 1.807) is 20.4 Å². The molecule has 1 N–H and O–H groups in total. The number of ether oxygens (including phenoxy) is 3. The minimum Gasteiger partial charge on any atom is -0.495 e. The molecule has 2 aromatic carbocycles. The van der Waals surface area contributed by atoms with Gasteiger partial charge in [0, 0.05) is 30.9 Å². The van der Waals surface area contributed by atoms with E-state index < -0.39 is 0 Å². The molecule has 0 unspecified atom stereocenters. The van der Waals surface area contributed by atoms with Crippen molar-refractivity contribution < 1.29 is 14.2 Å². The molecule has 2 aromatic heterocycles. The van der Waals surface area contributed by atoms with Crippen LogP contribution < -0.4 is 19.7 Å². The number of nitrogens with zero attached hydrogens (tertiary/aromatic N) is 3. The van der Waals surface area contributed by atoms with Crippen LogP contribution >= 0.6 is 23.8 Å². The van der Waals surface area contributed by atoms with Crippen molar-refractivity contribution in [1.29, 1.82) is 0 Å². The highest BCUT2D eigenvalue weighted by Gasteiger charge is 2.42. The molecule has 7 nitrogen and oxygen atoms in total. The first kappa shape index (κ1) is 25.1. The van der Waals surface area contributed by atoms with Crippen LogP contribution in [0.2, 0.25) is 5.02 Å². The molecule has 0 spiro atoms. The third kappa shape index (κ3) is 5.00. The van der Waals surface area contributed by atoms with Crippen LogP contribution in [0, 0.1) is 0 Å². The van der Waals surface area contributed by atoms with E-state index in [4.69, 9.17) is 38.0 Å². The van der Waals surface area contributed by atoms with Crippen LogP contribution in [-0.2, 0) is 4.74 Å². The van der Waals surface area contributed by atoms with Crippen molar-refractivity contribution in [1.82, 2.24) is 14.9 Å². The maximum absolute atomic E-state index is 6.64. The van der Waals surface area contributed by atoms with Crippen molar-refractivity contribution in [3.63, 3.8) is 0 Å². The first-order valence-electron chi connectivity index (χ1n) is 11.8. The largest absolute Gasteiger partial charge is 0.495 e. The summed E-state index contributed by atoms with van der Waals surface area (Å²) in [5.41, 5.74) is 3.68. The van der Waals surface area contributed by atoms with E-state index in [0.29, 0.717) is 29.1 Å². The molecule has 0 aliphatic carbocycles. The maximum Gasteiger partial charge on any atom is 0.174 e. The lowest BCUT2D eigenvalue weighted by molar-refractivity contribution is 0.146. The van der Waals surface area contributed by atoms with Gasteiger partial charge in [-0.25, -0.2) is 0 Å². The summed E-state index contributed by atoms with van der Waals surface area (Å²) in [6.07, 6.45) is 3.82. The number of para-hydroxylation sites is 2. The predicted molar refractivity (Wildman–Crippen MR) is 149 cm³/mol. The minimum absolute atomic E-state index is 0.200. The topological polar surface area (TPSA) is 60.8 Å². The fraction of sp³-hybridized carbons (Fsp3) is 0.214. The van der Waals surface area contributed by atoms with E-state index >= 15 is 0 Å². The van der Waals surface area contributed by atoms with Gasteiger partial charge in [-0.15, -0.1) is 0 Å². The summed E-state index contributed by atoms with van der Waals surface area (Å²) in [6, 6.07) is 23.2. The molecule has 0 radical (unpaired) electrons. The Morgan fingerprint density at radius 1 is 0.973 bits per heavy atom. The highest BCUT2D eigenvalue weighted by atomic mass is 35.5. The molecule has 2 atom stereocenters. The SMILES string of the molecule is COCCOc1ccc(N2C(=S)N[C@H](c3ccccn3)[C@H]2c2cccn2-c2ccccc2OC)cc1Cl. The van der Waals surface area contributed by atoms with Crippen LogP contribution in [0.5, 0.6) is 11.5 Å². The van der Waals surface area contributed by atoms with Crippen LogP contribution in [0.4, 0.5) is 5.69 Å². The molecule has 1 aliphatic heterocycles. The van der Waals surface area contributed by atoms with Crippen molar-refractivity contribution in [2.24, 2.45) is 0 Å². The predicted octanol–water partition coefficient (Wildman–Crippen LogP) is 5.74. The van der Waals surface area contributed by atoms with Crippen LogP contribution in [0.25, 0.3) is 5.69 Å². The third-order valence-corrected chi connectivity index (χ3v) is 6.87. The molecule has 0 saturated carbocycles. The number of methoxy groups -OCH3 is 2. The minimum atomic E-state index is -0.223. The number of halogens is 1. The number of nitrogens with one attached hydrogen (secondary N) is 1. The van der Waals surface area contributed by atoms with Gasteiger partial charge in [0.05, 0.1) is 36.2 Å². The Morgan fingerprint density at radius 3 is 2.57 bits per heavy atom. The van der Waals surface area contributed by atoms with Gasteiger partial charge in [0.2, 0.25) is 0 Å². The zero-order valence-electron chi connectivity index (χ0n) is 20.5. The molecule has 4 aromatic rings. The molecule has 37 heavy (non-hydrogen) atoms. The smallest absolute Gasteiger partial charge is 0.174 e. The second kappa shape index (κ2) is 11.2. The zero-order valence-corrected chi connectivity index (χ0v) is 22.1. The van der Waals surface area contributed by atoms with E-state index in [1.165, 1.54) is 0 Å². The van der Waals surface area contributed by atoms with Gasteiger partial charge < -0.3 is 29.0 Å². The summed E-state index contributed by atoms with van der Waals surface area (Å²) >= 11 is 12.5. The van der Waals surface area contributed by atoms with Crippen molar-refractivity contribution >= 4 is 34.6 Å². The van der Waals surface area contributed by atoms with Crippen molar-refractivity contribution in [2.75, 3.05) is 32.3 Å². The van der Waals surface area contributed by atoms with Crippen molar-refractivity contribution in [3.8, 4) is 17.2 Å². The van der Waals surface area contributed by atoms with E-state index in [0.717, 1.165) is 28.5 Å². The fourth-order valence-corrected chi connectivity index (χ4v) is 5.18. The maximum atomic E-state index is 6.64. The van der Waals surface area contributed by atoms with Crippen LogP contribution in [0.3, 0.4) is 0 Å². The van der Waals surface area contributed by atoms with Crippen molar-refractivity contribution in [2.45, 2.75) is 12.1 Å². The molecule has 0 bridgehead atoms. The van der Waals surface area contributed by atoms with E-state index in [1.807, 2.05) is 72.9 Å². The zero-order chi connectivity index (χ0) is 25.8. The number of hydrogen-bond acceptors (Lipinski definition) is 5. The number of thiocarbonyl (C=S) groups is 1. The van der Waals surface area contributed by atoms with E-state index in [9.17, 15) is 0 Å². The van der Waals surface area contributed by atoms with Crippen LogP contribution in [-0.4, -0.2) is 42.1 Å². The molecule has 1 fully saturated rings. The summed E-state index contributed by atoms with van der Waals surface area (Å²) in [6.45, 7) is 0.891. The fourth-order valence-electron chi connectivity index (χ4n) is 4.61. The summed E-state index contributed by atoms with van der Waals surface area (Å²) in [5.74, 6) is 1.37. The number of hydrogen-bond donors (Lipinski definition) is 1. The van der Waals surface area contributed by atoms with Gasteiger partial charge in [0.1, 0.15) is 24.1 Å². The van der Waals surface area contributed by atoms with Gasteiger partial charge in [-0.3, -0.25) is 4.98 Å². The Morgan fingerprint density at radius 2 is 1.81 bits per heavy atom. The second-order valence-electron chi connectivity index (χ2n) is 8.43. The monoisotopic (exact) mass is 534 g/mol. The molecular weight excluding hydrogens is 508 g/mol. The Hall–Kier alpha value is -3.59. The van der Waals surface area contributed by atoms with Gasteiger partial charge >= 0.3 is 0 Å². The molecule has 9 heteroatoms. The quantitative estimate of drug-likeness (QED) is 0.217. The number of anilines is 1. The summed E-state index contributed by atoms with van der Waals surface area (Å²) in [7, 11) is 3.31. The second-order valence-corrected chi connectivity index (χ2v) is 9.22. The first-order valence-corrected chi connectivity index (χ1v) is 12.6. The molecule has 3 heterocycles. The molecule has 1 aliphatic rings. The lowest BCUT2D eigenvalue weighted by Gasteiger charge is -2.29. The van der Waals surface area contributed by atoms with Gasteiger partial charge in [-0.2, -0.15) is 0 Å². The number of rotatable bonds is 9. The summed E-state index contributed by atoms with van der Waals surface area (Å²) in [5, 5.41) is 4.58. The van der Waals surface area contributed by atoms with Gasteiger partial charge in [0.25, 0.3) is 0 Å². The van der Waals surface area contributed by atoms with Crippen molar-refractivity contribution in [3.05, 3.63) is 102 Å². The normalized spacial score (nSPS) is 17.1. The lowest BCUT2D eigenvalue weighted by atomic mass is 10.0. The lowest BCUT2D eigenvalue weighted by Crippen LogP contribution is -2.30. The van der Waals surface area contributed by atoms with Gasteiger partial charge in [-0.1, -0.05) is 29.8 Å². The van der Waals surface area contributed by atoms with Crippen LogP contribution in [0.1, 0.15) is 23.5 Å². The molecule has 5 rings (SSSR count). The standard InChI is InChI=1S/C28H27ClN4O3S/c1-34-16-17-36-24-13-12-19(18-20(24)29)33-27(26(31-28(33)37)21-8-5-6-14-30-21)23-10-7-15-32(23)22-9-3-4-11-25(22)35-2/h3-15,18,26-27H,16-17H2,1-2H3,(H,31,37)/t26-,27-/m1/s1. The number of aromatic nitrogens is 2. The Labute approximate surface area is 226 Å². The number of pyridine rings is 1. The highest BCUT2D eigenvalue weighted by molar-refractivity contribution is 7.80.